The van der Waals surface area contributed by atoms with Crippen LogP contribution in [0.3, 0.4) is 0 Å². The number of nitrogens with one attached hydrogen (secondary N) is 1. The zero-order valence-electron chi connectivity index (χ0n) is 11.0. The van der Waals surface area contributed by atoms with Crippen LogP contribution in [0.2, 0.25) is 0 Å². The fraction of sp³-hybridized carbons (Fsp3) is 0.571. The zero-order valence-corrected chi connectivity index (χ0v) is 11.0. The molecule has 5 heteroatoms. The lowest BCUT2D eigenvalue weighted by atomic mass is 9.91. The van der Waals surface area contributed by atoms with Crippen molar-refractivity contribution in [3.05, 3.63) is 35.4 Å². The molecule has 2 N–H and O–H groups in total. The Bertz CT molecular complexity index is 415. The van der Waals surface area contributed by atoms with Crippen LogP contribution < -0.4 is 5.32 Å². The molecule has 1 aliphatic rings. The Balaban J connectivity index is 2.16. The Morgan fingerprint density at radius 1 is 1.42 bits per heavy atom. The summed E-state index contributed by atoms with van der Waals surface area (Å²) in [7, 11) is 0. The molecule has 1 heterocycles. The monoisotopic (exact) mass is 271 g/mol. The van der Waals surface area contributed by atoms with E-state index >= 15 is 0 Å². The molecule has 3 nitrogen and oxygen atoms in total. The fourth-order valence-corrected chi connectivity index (χ4v) is 2.39. The molecular weight excluding hydrogens is 252 g/mol. The van der Waals surface area contributed by atoms with E-state index in [0.29, 0.717) is 6.54 Å². The second kappa shape index (κ2) is 5.94. The summed E-state index contributed by atoms with van der Waals surface area (Å²) in [5.41, 5.74) is -1.28. The molecule has 0 amide bonds. The summed E-state index contributed by atoms with van der Waals surface area (Å²) in [6.45, 7) is 2.38. The first kappa shape index (κ1) is 14.4. The molecule has 0 bridgehead atoms. The van der Waals surface area contributed by atoms with E-state index in [2.05, 4.69) is 5.32 Å². The van der Waals surface area contributed by atoms with Crippen LogP contribution in [0.5, 0.6) is 0 Å². The van der Waals surface area contributed by atoms with E-state index < -0.39 is 23.8 Å². The first-order chi connectivity index (χ1) is 9.07. The van der Waals surface area contributed by atoms with Gasteiger partial charge < -0.3 is 15.2 Å². The van der Waals surface area contributed by atoms with Crippen LogP contribution in [0, 0.1) is 11.6 Å². The van der Waals surface area contributed by atoms with Gasteiger partial charge in [-0.2, -0.15) is 0 Å². The summed E-state index contributed by atoms with van der Waals surface area (Å²) < 4.78 is 33.1. The molecule has 1 aliphatic heterocycles. The van der Waals surface area contributed by atoms with E-state index in [1.165, 1.54) is 18.2 Å². The van der Waals surface area contributed by atoms with Crippen LogP contribution in [-0.4, -0.2) is 31.0 Å². The summed E-state index contributed by atoms with van der Waals surface area (Å²) in [4.78, 5) is 0. The van der Waals surface area contributed by atoms with Gasteiger partial charge in [0, 0.05) is 18.7 Å². The van der Waals surface area contributed by atoms with Crippen LogP contribution in [0.25, 0.3) is 0 Å². The average molecular weight is 271 g/mol. The fourth-order valence-electron chi connectivity index (χ4n) is 2.39. The van der Waals surface area contributed by atoms with Gasteiger partial charge in [0.2, 0.25) is 0 Å². The highest BCUT2D eigenvalue weighted by molar-refractivity contribution is 5.27. The van der Waals surface area contributed by atoms with E-state index in [0.717, 1.165) is 19.4 Å². The highest BCUT2D eigenvalue weighted by atomic mass is 19.1. The van der Waals surface area contributed by atoms with Crippen molar-refractivity contribution in [3.63, 3.8) is 0 Å². The van der Waals surface area contributed by atoms with Crippen molar-refractivity contribution in [3.8, 4) is 0 Å². The molecule has 1 aromatic rings. The zero-order chi connectivity index (χ0) is 13.9. The molecule has 0 saturated carbocycles. The first-order valence-electron chi connectivity index (χ1n) is 6.49. The second-order valence-electron chi connectivity index (χ2n) is 5.10. The van der Waals surface area contributed by atoms with E-state index in [4.69, 9.17) is 4.74 Å². The third kappa shape index (κ3) is 3.11. The standard InChI is InChI=1S/C14H19F2NO2/c1-14(9-18,17-8-10-4-3-7-19-10)13-11(15)5-2-6-12(13)16/h2,5-6,10,17-18H,3-4,7-9H2,1H3. The lowest BCUT2D eigenvalue weighted by Gasteiger charge is -2.31. The lowest BCUT2D eigenvalue weighted by Crippen LogP contribution is -2.47. The summed E-state index contributed by atoms with van der Waals surface area (Å²) in [6.07, 6.45) is 1.96. The number of ether oxygens (including phenoxy) is 1. The minimum atomic E-state index is -1.15. The van der Waals surface area contributed by atoms with E-state index in [1.807, 2.05) is 0 Å². The minimum Gasteiger partial charge on any atom is -0.394 e. The number of hydrogen-bond donors (Lipinski definition) is 2. The van der Waals surface area contributed by atoms with Gasteiger partial charge in [0.15, 0.2) is 0 Å². The summed E-state index contributed by atoms with van der Waals surface area (Å²) >= 11 is 0. The maximum absolute atomic E-state index is 13.8. The summed E-state index contributed by atoms with van der Waals surface area (Å²) in [5.74, 6) is -1.31. The van der Waals surface area contributed by atoms with Crippen LogP contribution in [0.4, 0.5) is 8.78 Å². The number of benzene rings is 1. The van der Waals surface area contributed by atoms with Gasteiger partial charge in [-0.3, -0.25) is 0 Å². The molecule has 19 heavy (non-hydrogen) atoms. The van der Waals surface area contributed by atoms with E-state index in [-0.39, 0.29) is 11.7 Å². The Hall–Kier alpha value is -1.04. The Morgan fingerprint density at radius 2 is 2.11 bits per heavy atom. The van der Waals surface area contributed by atoms with Gasteiger partial charge in [0.05, 0.1) is 18.2 Å². The molecule has 106 valence electrons. The van der Waals surface area contributed by atoms with Crippen molar-refractivity contribution >= 4 is 0 Å². The molecule has 0 aliphatic carbocycles. The van der Waals surface area contributed by atoms with Crippen molar-refractivity contribution in [2.75, 3.05) is 19.8 Å². The third-order valence-electron chi connectivity index (χ3n) is 3.57. The van der Waals surface area contributed by atoms with Gasteiger partial charge in [-0.25, -0.2) is 8.78 Å². The summed E-state index contributed by atoms with van der Waals surface area (Å²) in [6, 6.07) is 3.70. The van der Waals surface area contributed by atoms with Gasteiger partial charge in [-0.1, -0.05) is 6.07 Å². The van der Waals surface area contributed by atoms with Gasteiger partial charge in [0.25, 0.3) is 0 Å². The normalized spacial score (nSPS) is 22.4. The molecule has 2 atom stereocenters. The maximum Gasteiger partial charge on any atom is 0.131 e. The number of halogens is 2. The SMILES string of the molecule is CC(CO)(NCC1CCCO1)c1c(F)cccc1F. The maximum atomic E-state index is 13.8. The third-order valence-corrected chi connectivity index (χ3v) is 3.57. The minimum absolute atomic E-state index is 0.0423. The smallest absolute Gasteiger partial charge is 0.131 e. The van der Waals surface area contributed by atoms with Crippen LogP contribution in [-0.2, 0) is 10.3 Å². The second-order valence-corrected chi connectivity index (χ2v) is 5.10. The summed E-state index contributed by atoms with van der Waals surface area (Å²) in [5, 5.41) is 12.6. The van der Waals surface area contributed by atoms with Crippen LogP contribution >= 0.6 is 0 Å². The topological polar surface area (TPSA) is 41.5 Å². The number of rotatable bonds is 5. The molecule has 1 aromatic carbocycles. The largest absolute Gasteiger partial charge is 0.394 e. The quantitative estimate of drug-likeness (QED) is 0.860. The van der Waals surface area contributed by atoms with E-state index in [1.54, 1.807) is 6.92 Å². The highest BCUT2D eigenvalue weighted by Gasteiger charge is 2.32. The van der Waals surface area contributed by atoms with Gasteiger partial charge >= 0.3 is 0 Å². The number of aliphatic hydroxyl groups is 1. The molecule has 1 saturated heterocycles. The molecule has 0 spiro atoms. The van der Waals surface area contributed by atoms with Gasteiger partial charge in [-0.15, -0.1) is 0 Å². The van der Waals surface area contributed by atoms with Crippen LogP contribution in [0.1, 0.15) is 25.3 Å². The molecule has 2 rings (SSSR count). The Labute approximate surface area is 111 Å². The molecular formula is C14H19F2NO2. The number of hydrogen-bond acceptors (Lipinski definition) is 3. The van der Waals surface area contributed by atoms with Crippen molar-refractivity contribution in [2.24, 2.45) is 0 Å². The van der Waals surface area contributed by atoms with Crippen molar-refractivity contribution < 1.29 is 18.6 Å². The highest BCUT2D eigenvalue weighted by Crippen LogP contribution is 2.26. The van der Waals surface area contributed by atoms with Crippen molar-refractivity contribution in [1.82, 2.24) is 5.32 Å². The molecule has 0 radical (unpaired) electrons. The first-order valence-corrected chi connectivity index (χ1v) is 6.49. The molecule has 2 unspecified atom stereocenters. The average Bonchev–Trinajstić information content (AvgIpc) is 2.89. The van der Waals surface area contributed by atoms with Gasteiger partial charge in [0.1, 0.15) is 11.6 Å². The van der Waals surface area contributed by atoms with Gasteiger partial charge in [-0.05, 0) is 31.9 Å². The van der Waals surface area contributed by atoms with E-state index in [9.17, 15) is 13.9 Å². The predicted octanol–water partition coefficient (Wildman–Crippen LogP) is 1.94. The van der Waals surface area contributed by atoms with Crippen molar-refractivity contribution in [2.45, 2.75) is 31.4 Å². The predicted molar refractivity (Wildman–Crippen MR) is 67.8 cm³/mol. The Kier molecular flexibility index (Phi) is 4.50. The Morgan fingerprint density at radius 3 is 2.63 bits per heavy atom. The molecule has 0 aromatic heterocycles. The molecule has 1 fully saturated rings. The van der Waals surface area contributed by atoms with Crippen LogP contribution in [0.15, 0.2) is 18.2 Å². The number of aliphatic hydroxyl groups excluding tert-OH is 1. The lowest BCUT2D eigenvalue weighted by molar-refractivity contribution is 0.0893. The van der Waals surface area contributed by atoms with Crippen molar-refractivity contribution in [1.29, 1.82) is 0 Å².